The zero-order chi connectivity index (χ0) is 23.8. The number of carbonyl (C=O) groups excluding carboxylic acids is 2. The molecule has 9 nitrogen and oxygen atoms in total. The number of carbonyl (C=O) groups is 2. The van der Waals surface area contributed by atoms with Crippen LogP contribution in [0.1, 0.15) is 43.5 Å². The van der Waals surface area contributed by atoms with Crippen LogP contribution in [-0.4, -0.2) is 39.4 Å². The molecular weight excluding hydrogens is 442 g/mol. The van der Waals surface area contributed by atoms with E-state index in [4.69, 9.17) is 14.9 Å². The molecule has 0 spiro atoms. The summed E-state index contributed by atoms with van der Waals surface area (Å²) >= 11 is 1.29. The zero-order valence-corrected chi connectivity index (χ0v) is 19.8. The van der Waals surface area contributed by atoms with Crippen molar-refractivity contribution in [3.63, 3.8) is 0 Å². The number of nitrogens with one attached hydrogen (secondary N) is 1. The van der Waals surface area contributed by atoms with Crippen molar-refractivity contribution in [1.82, 2.24) is 20.1 Å². The molecule has 1 aromatic carbocycles. The fraction of sp³-hybridized carbons (Fsp3) is 0.391. The fourth-order valence-corrected chi connectivity index (χ4v) is 4.12. The maximum Gasteiger partial charge on any atom is 0.230 e. The van der Waals surface area contributed by atoms with Crippen LogP contribution in [0.4, 0.5) is 0 Å². The fourth-order valence-electron chi connectivity index (χ4n) is 3.35. The number of thioether (sulfide) groups is 1. The van der Waals surface area contributed by atoms with Crippen molar-refractivity contribution in [3.8, 4) is 5.75 Å². The van der Waals surface area contributed by atoms with Gasteiger partial charge in [0.2, 0.25) is 11.8 Å². The molecule has 2 amide bonds. The van der Waals surface area contributed by atoms with Crippen LogP contribution in [0, 0.1) is 5.92 Å². The molecule has 0 saturated carbocycles. The van der Waals surface area contributed by atoms with Crippen molar-refractivity contribution in [2.45, 2.75) is 44.4 Å². The number of aryl methyl sites for hydroxylation is 1. The van der Waals surface area contributed by atoms with Crippen LogP contribution in [0.15, 0.2) is 52.2 Å². The maximum absolute atomic E-state index is 12.8. The molecule has 0 fully saturated rings. The van der Waals surface area contributed by atoms with Gasteiger partial charge in [0, 0.05) is 12.8 Å². The van der Waals surface area contributed by atoms with Crippen LogP contribution < -0.4 is 15.8 Å². The summed E-state index contributed by atoms with van der Waals surface area (Å²) in [6.07, 6.45) is 2.12. The molecule has 0 bridgehead atoms. The third-order valence-corrected chi connectivity index (χ3v) is 6.04. The van der Waals surface area contributed by atoms with Gasteiger partial charge in [0.1, 0.15) is 17.3 Å². The van der Waals surface area contributed by atoms with Crippen molar-refractivity contribution in [2.24, 2.45) is 11.7 Å². The second-order valence-electron chi connectivity index (χ2n) is 7.88. The average molecular weight is 472 g/mol. The van der Waals surface area contributed by atoms with Gasteiger partial charge in [0.25, 0.3) is 0 Å². The molecule has 0 aliphatic rings. The number of nitrogens with two attached hydrogens (primary N) is 1. The highest BCUT2D eigenvalue weighted by atomic mass is 32.2. The van der Waals surface area contributed by atoms with Gasteiger partial charge in [0.05, 0.1) is 31.7 Å². The normalized spacial score (nSPS) is 12.0. The van der Waals surface area contributed by atoms with E-state index in [0.717, 1.165) is 17.1 Å². The lowest BCUT2D eigenvalue weighted by molar-refractivity contribution is -0.120. The lowest BCUT2D eigenvalue weighted by atomic mass is 9.96. The van der Waals surface area contributed by atoms with Crippen LogP contribution >= 0.6 is 11.8 Å². The Kier molecular flexibility index (Phi) is 8.53. The summed E-state index contributed by atoms with van der Waals surface area (Å²) in [6.45, 7) is 4.53. The number of amides is 2. The number of nitrogens with zero attached hydrogens (tertiary/aromatic N) is 3. The number of furan rings is 1. The van der Waals surface area contributed by atoms with Gasteiger partial charge in [-0.05, 0) is 35.7 Å². The molecule has 0 aliphatic carbocycles. The summed E-state index contributed by atoms with van der Waals surface area (Å²) in [5.41, 5.74) is 6.30. The molecular formula is C23H29N5O4S. The molecule has 3 rings (SSSR count). The van der Waals surface area contributed by atoms with Crippen molar-refractivity contribution in [2.75, 3.05) is 12.9 Å². The number of benzene rings is 1. The molecule has 10 heteroatoms. The maximum atomic E-state index is 12.8. The molecule has 3 N–H and O–H groups in total. The van der Waals surface area contributed by atoms with Gasteiger partial charge in [-0.2, -0.15) is 0 Å². The zero-order valence-electron chi connectivity index (χ0n) is 19.0. The van der Waals surface area contributed by atoms with Gasteiger partial charge in [-0.25, -0.2) is 0 Å². The van der Waals surface area contributed by atoms with E-state index in [1.165, 1.54) is 11.8 Å². The number of hydrogen-bond acceptors (Lipinski definition) is 7. The third kappa shape index (κ3) is 6.85. The Hall–Kier alpha value is -3.27. The van der Waals surface area contributed by atoms with Crippen LogP contribution in [0.5, 0.6) is 5.75 Å². The molecule has 0 saturated heterocycles. The minimum Gasteiger partial charge on any atom is -0.497 e. The Morgan fingerprint density at radius 2 is 1.97 bits per heavy atom. The molecule has 176 valence electrons. The smallest absolute Gasteiger partial charge is 0.230 e. The monoisotopic (exact) mass is 471 g/mol. The van der Waals surface area contributed by atoms with Crippen LogP contribution in [-0.2, 0) is 22.6 Å². The highest BCUT2D eigenvalue weighted by Crippen LogP contribution is 2.25. The Balaban J connectivity index is 1.68. The van der Waals surface area contributed by atoms with Gasteiger partial charge in [-0.1, -0.05) is 37.7 Å². The lowest BCUT2D eigenvalue weighted by Crippen LogP contribution is -2.33. The first kappa shape index (κ1) is 24.4. The van der Waals surface area contributed by atoms with Gasteiger partial charge < -0.3 is 20.2 Å². The van der Waals surface area contributed by atoms with E-state index in [9.17, 15) is 9.59 Å². The quantitative estimate of drug-likeness (QED) is 0.389. The molecule has 0 aliphatic heterocycles. The van der Waals surface area contributed by atoms with Crippen molar-refractivity contribution >= 4 is 23.6 Å². The number of methoxy groups -OCH3 is 1. The largest absolute Gasteiger partial charge is 0.497 e. The number of hydrogen-bond donors (Lipinski definition) is 2. The Morgan fingerprint density at radius 1 is 1.21 bits per heavy atom. The van der Waals surface area contributed by atoms with E-state index in [2.05, 4.69) is 29.4 Å². The molecule has 3 aromatic rings. The first-order valence-corrected chi connectivity index (χ1v) is 11.6. The number of rotatable bonds is 12. The minimum atomic E-state index is -0.408. The minimum absolute atomic E-state index is 0.110. The van der Waals surface area contributed by atoms with Crippen LogP contribution in [0.3, 0.4) is 0 Å². The summed E-state index contributed by atoms with van der Waals surface area (Å²) < 4.78 is 12.5. The Bertz CT molecular complexity index is 1050. The topological polar surface area (TPSA) is 125 Å². The first-order valence-electron chi connectivity index (χ1n) is 10.7. The first-order chi connectivity index (χ1) is 15.9. The summed E-state index contributed by atoms with van der Waals surface area (Å²) in [4.78, 5) is 24.0. The van der Waals surface area contributed by atoms with E-state index >= 15 is 0 Å². The third-order valence-electron chi connectivity index (χ3n) is 5.07. The predicted molar refractivity (Wildman–Crippen MR) is 125 cm³/mol. The SMILES string of the molecule is COc1ccc(C(NC(=O)CSc2nnc(CCC(N)=O)n2Cc2ccco2)C(C)C)cc1. The molecule has 1 unspecified atom stereocenters. The van der Waals surface area contributed by atoms with E-state index in [-0.39, 0.29) is 30.0 Å². The van der Waals surface area contributed by atoms with Crippen molar-refractivity contribution < 1.29 is 18.7 Å². The summed E-state index contributed by atoms with van der Waals surface area (Å²) in [6, 6.07) is 11.2. The van der Waals surface area contributed by atoms with Crippen molar-refractivity contribution in [1.29, 1.82) is 0 Å². The predicted octanol–water partition coefficient (Wildman–Crippen LogP) is 2.95. The summed E-state index contributed by atoms with van der Waals surface area (Å²) in [7, 11) is 1.62. The van der Waals surface area contributed by atoms with E-state index in [1.807, 2.05) is 34.9 Å². The van der Waals surface area contributed by atoms with E-state index < -0.39 is 5.91 Å². The van der Waals surface area contributed by atoms with Gasteiger partial charge in [-0.3, -0.25) is 14.2 Å². The Morgan fingerprint density at radius 3 is 2.58 bits per heavy atom. The van der Waals surface area contributed by atoms with E-state index in [1.54, 1.807) is 19.4 Å². The summed E-state index contributed by atoms with van der Waals surface area (Å²) in [5, 5.41) is 12.1. The molecule has 33 heavy (non-hydrogen) atoms. The Labute approximate surface area is 197 Å². The summed E-state index contributed by atoms with van der Waals surface area (Å²) in [5.74, 6) is 1.97. The second kappa shape index (κ2) is 11.6. The molecule has 1 atom stereocenters. The van der Waals surface area contributed by atoms with Gasteiger partial charge in [0.15, 0.2) is 5.16 Å². The average Bonchev–Trinajstić information content (AvgIpc) is 3.45. The number of primary amides is 1. The van der Waals surface area contributed by atoms with Crippen LogP contribution in [0.25, 0.3) is 0 Å². The highest BCUT2D eigenvalue weighted by Gasteiger charge is 2.20. The molecule has 2 aromatic heterocycles. The van der Waals surface area contributed by atoms with Crippen molar-refractivity contribution in [3.05, 3.63) is 59.8 Å². The standard InChI is InChI=1S/C23H29N5O4S/c1-15(2)22(16-6-8-17(31-3)9-7-16)25-21(30)14-33-23-27-26-20(11-10-19(24)29)28(23)13-18-5-4-12-32-18/h4-9,12,15,22H,10-11,13-14H2,1-3H3,(H2,24,29)(H,25,30). The lowest BCUT2D eigenvalue weighted by Gasteiger charge is -2.23. The number of aromatic nitrogens is 3. The molecule has 2 heterocycles. The van der Waals surface area contributed by atoms with Crippen LogP contribution in [0.2, 0.25) is 0 Å². The highest BCUT2D eigenvalue weighted by molar-refractivity contribution is 7.99. The van der Waals surface area contributed by atoms with Gasteiger partial charge >= 0.3 is 0 Å². The van der Waals surface area contributed by atoms with Gasteiger partial charge in [-0.15, -0.1) is 10.2 Å². The van der Waals surface area contributed by atoms with E-state index in [0.29, 0.717) is 23.9 Å². The number of ether oxygens (including phenoxy) is 1. The molecule has 0 radical (unpaired) electrons. The second-order valence-corrected chi connectivity index (χ2v) is 8.82.